The molecule has 0 bridgehead atoms. The maximum absolute atomic E-state index is 12.5. The molecule has 1 saturated heterocycles. The Morgan fingerprint density at radius 1 is 1.09 bits per heavy atom. The molecule has 0 radical (unpaired) electrons. The summed E-state index contributed by atoms with van der Waals surface area (Å²) < 4.78 is 0. The zero-order valence-corrected chi connectivity index (χ0v) is 14.1. The first-order valence-corrected chi connectivity index (χ1v) is 8.59. The molecule has 0 aromatic heterocycles. The number of carbonyl (C=O) groups is 1. The minimum Gasteiger partial charge on any atom is -0.304 e. The van der Waals surface area contributed by atoms with Gasteiger partial charge in [0.2, 0.25) is 5.91 Å². The average Bonchev–Trinajstić information content (AvgIpc) is 2.84. The summed E-state index contributed by atoms with van der Waals surface area (Å²) in [5, 5.41) is 0. The molecule has 2 nitrogen and oxygen atoms in total. The molecule has 0 aliphatic carbocycles. The molecule has 3 heteroatoms. The van der Waals surface area contributed by atoms with E-state index in [4.69, 9.17) is 0 Å². The fourth-order valence-electron chi connectivity index (χ4n) is 3.22. The Morgan fingerprint density at radius 2 is 1.77 bits per heavy atom. The summed E-state index contributed by atoms with van der Waals surface area (Å²) in [6.07, 6.45) is 2.81. The van der Waals surface area contributed by atoms with Gasteiger partial charge in [0.05, 0.1) is 6.04 Å². The highest BCUT2D eigenvalue weighted by Gasteiger charge is 2.39. The summed E-state index contributed by atoms with van der Waals surface area (Å²) in [6, 6.07) is 18.9. The highest BCUT2D eigenvalue weighted by Crippen LogP contribution is 2.40. The van der Waals surface area contributed by atoms with E-state index in [9.17, 15) is 4.79 Å². The number of rotatable bonds is 4. The van der Waals surface area contributed by atoms with Gasteiger partial charge in [0.25, 0.3) is 0 Å². The first-order chi connectivity index (χ1) is 10.7. The number of carbonyl (C=O) groups excluding carboxylic acids is 1. The van der Waals surface area contributed by atoms with Crippen molar-refractivity contribution in [1.29, 1.82) is 0 Å². The van der Waals surface area contributed by atoms with E-state index in [0.717, 1.165) is 18.5 Å². The molecule has 0 spiro atoms. The standard InChI is InChI=1S/C19H22NOP/c1-2-6-14-9-11-16(12-10-14)20-18(21)13-17(22)19(20)15-7-4-3-5-8-15/h3-5,7-12,17,19H,2,6,13,22H2,1H3. The number of nitrogens with zero attached hydrogens (tertiary/aromatic N) is 1. The van der Waals surface area contributed by atoms with Crippen LogP contribution in [0, 0.1) is 0 Å². The number of hydrogen-bond acceptors (Lipinski definition) is 1. The van der Waals surface area contributed by atoms with Crippen molar-refractivity contribution >= 4 is 20.8 Å². The Bertz CT molecular complexity index is 638. The maximum atomic E-state index is 12.5. The van der Waals surface area contributed by atoms with E-state index in [2.05, 4.69) is 52.6 Å². The Balaban J connectivity index is 1.94. The van der Waals surface area contributed by atoms with Crippen molar-refractivity contribution in [3.63, 3.8) is 0 Å². The van der Waals surface area contributed by atoms with Crippen LogP contribution in [-0.2, 0) is 11.2 Å². The molecule has 0 N–H and O–H groups in total. The molecule has 1 heterocycles. The summed E-state index contributed by atoms with van der Waals surface area (Å²) in [7, 11) is 2.85. The van der Waals surface area contributed by atoms with Gasteiger partial charge in [0.15, 0.2) is 0 Å². The molecule has 114 valence electrons. The van der Waals surface area contributed by atoms with Crippen LogP contribution in [0.4, 0.5) is 5.69 Å². The molecule has 22 heavy (non-hydrogen) atoms. The average molecular weight is 311 g/mol. The second kappa shape index (κ2) is 6.62. The molecule has 3 atom stereocenters. The van der Waals surface area contributed by atoms with Crippen molar-refractivity contribution in [3.05, 3.63) is 65.7 Å². The van der Waals surface area contributed by atoms with E-state index >= 15 is 0 Å². The van der Waals surface area contributed by atoms with E-state index in [0.29, 0.717) is 6.42 Å². The van der Waals surface area contributed by atoms with Crippen LogP contribution in [0.5, 0.6) is 0 Å². The molecule has 1 aliphatic rings. The van der Waals surface area contributed by atoms with E-state index in [1.54, 1.807) is 0 Å². The molecule has 3 unspecified atom stereocenters. The van der Waals surface area contributed by atoms with Gasteiger partial charge >= 0.3 is 0 Å². The van der Waals surface area contributed by atoms with Gasteiger partial charge in [-0.2, -0.15) is 0 Å². The van der Waals surface area contributed by atoms with E-state index in [1.807, 2.05) is 23.1 Å². The lowest BCUT2D eigenvalue weighted by Crippen LogP contribution is -2.28. The van der Waals surface area contributed by atoms with Crippen molar-refractivity contribution in [2.75, 3.05) is 4.90 Å². The predicted octanol–water partition coefficient (Wildman–Crippen LogP) is 4.36. The molecule has 0 saturated carbocycles. The Labute approximate surface area is 134 Å². The summed E-state index contributed by atoms with van der Waals surface area (Å²) >= 11 is 0. The van der Waals surface area contributed by atoms with Gasteiger partial charge in [-0.1, -0.05) is 55.8 Å². The second-order valence-electron chi connectivity index (χ2n) is 5.90. The van der Waals surface area contributed by atoms with E-state index in [-0.39, 0.29) is 17.6 Å². The van der Waals surface area contributed by atoms with Gasteiger partial charge in [0, 0.05) is 17.8 Å². The monoisotopic (exact) mass is 311 g/mol. The molecule has 3 rings (SSSR count). The van der Waals surface area contributed by atoms with Crippen LogP contribution < -0.4 is 4.90 Å². The van der Waals surface area contributed by atoms with Crippen LogP contribution in [0.3, 0.4) is 0 Å². The van der Waals surface area contributed by atoms with Gasteiger partial charge in [-0.05, 0) is 29.7 Å². The van der Waals surface area contributed by atoms with E-state index < -0.39 is 0 Å². The first kappa shape index (κ1) is 15.2. The van der Waals surface area contributed by atoms with Gasteiger partial charge in [-0.25, -0.2) is 0 Å². The Hall–Kier alpha value is -1.66. The predicted molar refractivity (Wildman–Crippen MR) is 95.2 cm³/mol. The lowest BCUT2D eigenvalue weighted by molar-refractivity contribution is -0.117. The molecule has 2 aromatic carbocycles. The van der Waals surface area contributed by atoms with Crippen molar-refractivity contribution in [1.82, 2.24) is 0 Å². The third kappa shape index (κ3) is 2.94. The largest absolute Gasteiger partial charge is 0.304 e. The molecular weight excluding hydrogens is 289 g/mol. The smallest absolute Gasteiger partial charge is 0.228 e. The number of hydrogen-bond donors (Lipinski definition) is 0. The van der Waals surface area contributed by atoms with Crippen LogP contribution >= 0.6 is 9.24 Å². The molecule has 1 fully saturated rings. The minimum atomic E-state index is 0.107. The van der Waals surface area contributed by atoms with Crippen LogP contribution in [0.2, 0.25) is 0 Å². The summed E-state index contributed by atoms with van der Waals surface area (Å²) in [5.74, 6) is 0.206. The molecular formula is C19H22NOP. The summed E-state index contributed by atoms with van der Waals surface area (Å²) in [4.78, 5) is 14.5. The van der Waals surface area contributed by atoms with Gasteiger partial charge in [-0.15, -0.1) is 9.24 Å². The van der Waals surface area contributed by atoms with Crippen molar-refractivity contribution in [2.45, 2.75) is 37.9 Å². The van der Waals surface area contributed by atoms with Gasteiger partial charge < -0.3 is 4.90 Å². The fraction of sp³-hybridized carbons (Fsp3) is 0.316. The maximum Gasteiger partial charge on any atom is 0.228 e. The van der Waals surface area contributed by atoms with Crippen molar-refractivity contribution < 1.29 is 4.79 Å². The highest BCUT2D eigenvalue weighted by atomic mass is 31.0. The second-order valence-corrected chi connectivity index (χ2v) is 6.76. The lowest BCUT2D eigenvalue weighted by atomic mass is 10.0. The Kier molecular flexibility index (Phi) is 4.59. The Morgan fingerprint density at radius 3 is 2.41 bits per heavy atom. The fourth-order valence-corrected chi connectivity index (χ4v) is 3.82. The van der Waals surface area contributed by atoms with Crippen LogP contribution in [-0.4, -0.2) is 11.6 Å². The molecule has 2 aromatic rings. The van der Waals surface area contributed by atoms with Crippen LogP contribution in [0.25, 0.3) is 0 Å². The quantitative estimate of drug-likeness (QED) is 0.768. The topological polar surface area (TPSA) is 20.3 Å². The highest BCUT2D eigenvalue weighted by molar-refractivity contribution is 7.17. The van der Waals surface area contributed by atoms with Crippen molar-refractivity contribution in [3.8, 4) is 0 Å². The number of anilines is 1. The van der Waals surface area contributed by atoms with E-state index in [1.165, 1.54) is 11.1 Å². The van der Waals surface area contributed by atoms with Crippen molar-refractivity contribution in [2.24, 2.45) is 0 Å². The summed E-state index contributed by atoms with van der Waals surface area (Å²) in [6.45, 7) is 2.18. The number of benzene rings is 2. The lowest BCUT2D eigenvalue weighted by Gasteiger charge is -2.27. The SMILES string of the molecule is CCCc1ccc(N2C(=O)CC(P)C2c2ccccc2)cc1. The zero-order chi connectivity index (χ0) is 15.5. The van der Waals surface area contributed by atoms with Gasteiger partial charge in [0.1, 0.15) is 0 Å². The number of amides is 1. The molecule has 1 amide bonds. The minimum absolute atomic E-state index is 0.107. The third-order valence-corrected chi connectivity index (χ3v) is 4.86. The molecule has 1 aliphatic heterocycles. The number of aryl methyl sites for hydroxylation is 1. The third-order valence-electron chi connectivity index (χ3n) is 4.26. The zero-order valence-electron chi connectivity index (χ0n) is 12.9. The first-order valence-electron chi connectivity index (χ1n) is 7.92. The normalized spacial score (nSPS) is 21.4. The summed E-state index contributed by atoms with van der Waals surface area (Å²) in [5.41, 5.74) is 3.79. The van der Waals surface area contributed by atoms with Crippen LogP contribution in [0.1, 0.15) is 36.9 Å². The van der Waals surface area contributed by atoms with Crippen LogP contribution in [0.15, 0.2) is 54.6 Å². The van der Waals surface area contributed by atoms with Gasteiger partial charge in [-0.3, -0.25) is 4.79 Å².